The van der Waals surface area contributed by atoms with Gasteiger partial charge in [-0.15, -0.1) is 10.2 Å². The van der Waals surface area contributed by atoms with Crippen LogP contribution >= 0.6 is 0 Å². The molecule has 4 aromatic rings. The van der Waals surface area contributed by atoms with Gasteiger partial charge >= 0.3 is 0 Å². The Morgan fingerprint density at radius 2 is 1.66 bits per heavy atom. The highest BCUT2D eigenvalue weighted by Crippen LogP contribution is 2.33. The Morgan fingerprint density at radius 3 is 2.48 bits per heavy atom. The Balaban J connectivity index is 1.61. The third kappa shape index (κ3) is 3.39. The number of likely N-dealkylation sites (N-methyl/N-ethyl adjacent to an activating group) is 1. The Labute approximate surface area is 170 Å². The molecule has 0 atom stereocenters. The van der Waals surface area contributed by atoms with Crippen LogP contribution in [0.4, 0.5) is 5.82 Å². The number of nitrogen functional groups attached to an aromatic ring is 1. The third-order valence-corrected chi connectivity index (χ3v) is 5.48. The molecule has 0 saturated heterocycles. The summed E-state index contributed by atoms with van der Waals surface area (Å²) in [4.78, 5) is 2.32. The van der Waals surface area contributed by atoms with Crippen LogP contribution in [0.15, 0.2) is 78.9 Å². The SMILES string of the molecule is CN1CC=C(c2ccc3ccccc3c2)c2ccc(-c3ccc(N)nn3)cc2C1. The van der Waals surface area contributed by atoms with E-state index in [0.717, 1.165) is 24.3 Å². The van der Waals surface area contributed by atoms with Crippen molar-refractivity contribution in [1.29, 1.82) is 0 Å². The lowest BCUT2D eigenvalue weighted by Gasteiger charge is -2.15. The summed E-state index contributed by atoms with van der Waals surface area (Å²) in [7, 11) is 2.15. The molecule has 0 saturated carbocycles. The van der Waals surface area contributed by atoms with Crippen LogP contribution in [0.25, 0.3) is 27.6 Å². The largest absolute Gasteiger partial charge is 0.382 e. The second kappa shape index (κ2) is 7.15. The molecule has 1 aromatic heterocycles. The van der Waals surface area contributed by atoms with Gasteiger partial charge in [-0.1, -0.05) is 54.6 Å². The van der Waals surface area contributed by atoms with E-state index in [2.05, 4.69) is 88.9 Å². The Hall–Kier alpha value is -3.50. The van der Waals surface area contributed by atoms with Gasteiger partial charge in [0.2, 0.25) is 0 Å². The van der Waals surface area contributed by atoms with E-state index in [1.54, 1.807) is 6.07 Å². The summed E-state index contributed by atoms with van der Waals surface area (Å²) in [6.07, 6.45) is 2.33. The van der Waals surface area contributed by atoms with Crippen LogP contribution in [0.2, 0.25) is 0 Å². The van der Waals surface area contributed by atoms with Crippen molar-refractivity contribution in [2.24, 2.45) is 0 Å². The summed E-state index contributed by atoms with van der Waals surface area (Å²) in [6, 6.07) is 25.5. The van der Waals surface area contributed by atoms with Crippen molar-refractivity contribution >= 4 is 22.2 Å². The number of anilines is 1. The van der Waals surface area contributed by atoms with Gasteiger partial charge in [-0.2, -0.15) is 0 Å². The molecule has 1 aliphatic heterocycles. The van der Waals surface area contributed by atoms with Crippen LogP contribution in [0.5, 0.6) is 0 Å². The number of fused-ring (bicyclic) bond motifs is 2. The van der Waals surface area contributed by atoms with Crippen molar-refractivity contribution in [3.05, 3.63) is 95.6 Å². The molecule has 0 fully saturated rings. The number of nitrogens with two attached hydrogens (primary N) is 1. The van der Waals surface area contributed by atoms with Crippen molar-refractivity contribution in [2.75, 3.05) is 19.3 Å². The summed E-state index contributed by atoms with van der Waals surface area (Å²) in [5.41, 5.74) is 12.7. The third-order valence-electron chi connectivity index (χ3n) is 5.48. The summed E-state index contributed by atoms with van der Waals surface area (Å²) < 4.78 is 0. The smallest absolute Gasteiger partial charge is 0.146 e. The maximum atomic E-state index is 5.69. The van der Waals surface area contributed by atoms with Crippen molar-refractivity contribution < 1.29 is 0 Å². The molecule has 142 valence electrons. The van der Waals surface area contributed by atoms with Crippen molar-refractivity contribution in [2.45, 2.75) is 6.54 Å². The average Bonchev–Trinajstić information content (AvgIpc) is 2.91. The lowest BCUT2D eigenvalue weighted by Crippen LogP contribution is -2.16. The summed E-state index contributed by atoms with van der Waals surface area (Å²) in [6.45, 7) is 1.80. The number of benzene rings is 3. The van der Waals surface area contributed by atoms with E-state index in [1.807, 2.05) is 6.07 Å². The molecule has 29 heavy (non-hydrogen) atoms. The van der Waals surface area contributed by atoms with Crippen molar-refractivity contribution in [3.8, 4) is 11.3 Å². The summed E-state index contributed by atoms with van der Waals surface area (Å²) >= 11 is 0. The monoisotopic (exact) mass is 378 g/mol. The first-order valence-electron chi connectivity index (χ1n) is 9.78. The fourth-order valence-corrected chi connectivity index (χ4v) is 3.99. The minimum atomic E-state index is 0.435. The first-order valence-corrected chi connectivity index (χ1v) is 9.78. The predicted octanol–water partition coefficient (Wildman–Crippen LogP) is 4.76. The van der Waals surface area contributed by atoms with E-state index >= 15 is 0 Å². The number of nitrogens with zero attached hydrogens (tertiary/aromatic N) is 3. The number of hydrogen-bond donors (Lipinski definition) is 1. The molecule has 4 nitrogen and oxygen atoms in total. The molecule has 2 heterocycles. The van der Waals surface area contributed by atoms with E-state index in [-0.39, 0.29) is 0 Å². The lowest BCUT2D eigenvalue weighted by molar-refractivity contribution is 0.366. The molecule has 5 rings (SSSR count). The Morgan fingerprint density at radius 1 is 0.828 bits per heavy atom. The molecule has 3 aromatic carbocycles. The second-order valence-electron chi connectivity index (χ2n) is 7.59. The van der Waals surface area contributed by atoms with Crippen molar-refractivity contribution in [1.82, 2.24) is 15.1 Å². The van der Waals surface area contributed by atoms with Gasteiger partial charge in [0.1, 0.15) is 5.82 Å². The normalized spacial score (nSPS) is 14.3. The van der Waals surface area contributed by atoms with Crippen LogP contribution in [-0.4, -0.2) is 28.7 Å². The van der Waals surface area contributed by atoms with Crippen LogP contribution in [0.3, 0.4) is 0 Å². The minimum Gasteiger partial charge on any atom is -0.382 e. The number of aromatic nitrogens is 2. The fourth-order valence-electron chi connectivity index (χ4n) is 3.99. The quantitative estimate of drug-likeness (QED) is 0.547. The maximum Gasteiger partial charge on any atom is 0.146 e. The van der Waals surface area contributed by atoms with Crippen LogP contribution in [0, 0.1) is 0 Å². The predicted molar refractivity (Wildman–Crippen MR) is 119 cm³/mol. The van der Waals surface area contributed by atoms with Gasteiger partial charge in [-0.25, -0.2) is 0 Å². The molecule has 0 radical (unpaired) electrons. The van der Waals surface area contributed by atoms with Gasteiger partial charge in [0.25, 0.3) is 0 Å². The zero-order chi connectivity index (χ0) is 19.8. The van der Waals surface area contributed by atoms with Crippen LogP contribution in [0.1, 0.15) is 16.7 Å². The van der Waals surface area contributed by atoms with E-state index in [1.165, 1.54) is 33.0 Å². The number of hydrogen-bond acceptors (Lipinski definition) is 4. The van der Waals surface area contributed by atoms with Gasteiger partial charge in [0.15, 0.2) is 0 Å². The summed E-state index contributed by atoms with van der Waals surface area (Å²) in [5, 5.41) is 10.8. The standard InChI is InChI=1S/C25H22N4/c1-29-13-12-23(19-7-6-17-4-2-3-5-18(17)14-19)22-9-8-20(15-21(22)16-29)24-10-11-25(26)28-27-24/h2-12,14-15H,13,16H2,1H3,(H2,26,28). The molecule has 0 spiro atoms. The van der Waals surface area contributed by atoms with E-state index in [9.17, 15) is 0 Å². The highest BCUT2D eigenvalue weighted by atomic mass is 15.1. The second-order valence-corrected chi connectivity index (χ2v) is 7.59. The van der Waals surface area contributed by atoms with E-state index in [4.69, 9.17) is 5.73 Å². The van der Waals surface area contributed by atoms with Crippen molar-refractivity contribution in [3.63, 3.8) is 0 Å². The summed E-state index contributed by atoms with van der Waals surface area (Å²) in [5.74, 6) is 0.435. The van der Waals surface area contributed by atoms with Gasteiger partial charge in [0, 0.05) is 18.7 Å². The molecule has 0 bridgehead atoms. The van der Waals surface area contributed by atoms with Gasteiger partial charge in [0.05, 0.1) is 5.69 Å². The number of rotatable bonds is 2. The first kappa shape index (κ1) is 17.6. The van der Waals surface area contributed by atoms with Gasteiger partial charge < -0.3 is 5.73 Å². The van der Waals surface area contributed by atoms with Crippen LogP contribution in [-0.2, 0) is 6.54 Å². The van der Waals surface area contributed by atoms with E-state index < -0.39 is 0 Å². The molecular weight excluding hydrogens is 356 g/mol. The fraction of sp³-hybridized carbons (Fsp3) is 0.120. The highest BCUT2D eigenvalue weighted by molar-refractivity contribution is 5.90. The Kier molecular flexibility index (Phi) is 4.34. The molecule has 0 unspecified atom stereocenters. The zero-order valence-electron chi connectivity index (χ0n) is 16.3. The molecule has 0 amide bonds. The maximum absolute atomic E-state index is 5.69. The minimum absolute atomic E-state index is 0.435. The van der Waals surface area contributed by atoms with E-state index in [0.29, 0.717) is 5.82 Å². The van der Waals surface area contributed by atoms with Crippen LogP contribution < -0.4 is 5.73 Å². The topological polar surface area (TPSA) is 55.0 Å². The zero-order valence-corrected chi connectivity index (χ0v) is 16.3. The average molecular weight is 378 g/mol. The molecule has 0 aliphatic carbocycles. The van der Waals surface area contributed by atoms with Gasteiger partial charge in [-0.05, 0) is 64.3 Å². The lowest BCUT2D eigenvalue weighted by atomic mass is 9.91. The first-order chi connectivity index (χ1) is 14.2. The Bertz CT molecular complexity index is 1230. The highest BCUT2D eigenvalue weighted by Gasteiger charge is 2.17. The molecular formula is C25H22N4. The molecule has 1 aliphatic rings. The molecule has 2 N–H and O–H groups in total. The molecule has 4 heteroatoms. The van der Waals surface area contributed by atoms with Gasteiger partial charge in [-0.3, -0.25) is 4.90 Å².